The molecule has 7 heteroatoms. The lowest BCUT2D eigenvalue weighted by molar-refractivity contribution is -0.149. The number of carbonyl (C=O) groups is 3. The van der Waals surface area contributed by atoms with Crippen molar-refractivity contribution in [3.05, 3.63) is 24.3 Å². The monoisotopic (exact) mass is 392 g/mol. The third kappa shape index (κ3) is 6.90. The standard InChI is InChI=1S/C20H28N2O4S/c1-19(2,3)12-20(4,5)22-16(23)11-26-17(24)10-15-18(25)21-13-8-6-7-9-14(13)27-15/h6-9,15H,10-12H2,1-5H3,(H,21,25)(H,22,23)/t15-/m1/s1. The molecule has 1 aromatic carbocycles. The second-order valence-electron chi connectivity index (χ2n) is 8.63. The lowest BCUT2D eigenvalue weighted by atomic mass is 9.82. The van der Waals surface area contributed by atoms with Crippen molar-refractivity contribution in [2.45, 2.75) is 63.1 Å². The fourth-order valence-electron chi connectivity index (χ4n) is 3.37. The first-order chi connectivity index (χ1) is 12.5. The number of amides is 2. The maximum atomic E-state index is 12.1. The van der Waals surface area contributed by atoms with Crippen molar-refractivity contribution in [2.75, 3.05) is 11.9 Å². The van der Waals surface area contributed by atoms with Gasteiger partial charge < -0.3 is 15.4 Å². The van der Waals surface area contributed by atoms with Gasteiger partial charge in [-0.05, 0) is 37.8 Å². The van der Waals surface area contributed by atoms with Crippen LogP contribution in [-0.4, -0.2) is 35.2 Å². The van der Waals surface area contributed by atoms with E-state index >= 15 is 0 Å². The van der Waals surface area contributed by atoms with Gasteiger partial charge >= 0.3 is 5.97 Å². The first-order valence-corrected chi connectivity index (χ1v) is 9.86. The zero-order valence-electron chi connectivity index (χ0n) is 16.5. The second-order valence-corrected chi connectivity index (χ2v) is 9.87. The Morgan fingerprint density at radius 1 is 1.19 bits per heavy atom. The highest BCUT2D eigenvalue weighted by atomic mass is 32.2. The Morgan fingerprint density at radius 2 is 1.85 bits per heavy atom. The predicted molar refractivity (Wildman–Crippen MR) is 107 cm³/mol. The second kappa shape index (κ2) is 8.33. The van der Waals surface area contributed by atoms with Gasteiger partial charge in [0.2, 0.25) is 5.91 Å². The summed E-state index contributed by atoms with van der Waals surface area (Å²) in [6, 6.07) is 7.43. The Balaban J connectivity index is 1.81. The molecule has 0 saturated heterocycles. The highest BCUT2D eigenvalue weighted by Gasteiger charge is 2.30. The molecule has 6 nitrogen and oxygen atoms in total. The van der Waals surface area contributed by atoms with Gasteiger partial charge in [0.05, 0.1) is 17.4 Å². The Bertz CT molecular complexity index is 725. The number of para-hydroxylation sites is 1. The minimum Gasteiger partial charge on any atom is -0.456 e. The number of esters is 1. The third-order valence-corrected chi connectivity index (χ3v) is 5.15. The van der Waals surface area contributed by atoms with Crippen LogP contribution in [-0.2, 0) is 19.1 Å². The maximum Gasteiger partial charge on any atom is 0.307 e. The molecule has 0 unspecified atom stereocenters. The predicted octanol–water partition coefficient (Wildman–Crippen LogP) is 3.36. The Kier molecular flexibility index (Phi) is 6.57. The molecule has 0 spiro atoms. The number of nitrogens with one attached hydrogen (secondary N) is 2. The maximum absolute atomic E-state index is 12.1. The Morgan fingerprint density at radius 3 is 2.52 bits per heavy atom. The average Bonchev–Trinajstić information content (AvgIpc) is 2.51. The van der Waals surface area contributed by atoms with Crippen molar-refractivity contribution in [2.24, 2.45) is 5.41 Å². The van der Waals surface area contributed by atoms with E-state index in [1.807, 2.05) is 38.1 Å². The number of ether oxygens (including phenoxy) is 1. The van der Waals surface area contributed by atoms with Gasteiger partial charge in [0.25, 0.3) is 5.91 Å². The molecule has 1 aliphatic heterocycles. The minimum atomic E-state index is -0.564. The molecule has 1 aliphatic rings. The fourth-order valence-corrected chi connectivity index (χ4v) is 4.46. The highest BCUT2D eigenvalue weighted by molar-refractivity contribution is 8.01. The lowest BCUT2D eigenvalue weighted by Crippen LogP contribution is -2.47. The van der Waals surface area contributed by atoms with E-state index in [0.717, 1.165) is 17.0 Å². The smallest absolute Gasteiger partial charge is 0.307 e. The number of carbonyl (C=O) groups excluding carboxylic acids is 3. The van der Waals surface area contributed by atoms with Crippen LogP contribution in [0.5, 0.6) is 0 Å². The Labute approximate surface area is 164 Å². The van der Waals surface area contributed by atoms with Gasteiger partial charge in [-0.25, -0.2) is 0 Å². The van der Waals surface area contributed by atoms with E-state index in [1.165, 1.54) is 11.8 Å². The molecule has 2 amide bonds. The number of anilines is 1. The molecule has 0 fully saturated rings. The van der Waals surface area contributed by atoms with Gasteiger partial charge in [-0.1, -0.05) is 32.9 Å². The molecule has 0 bridgehead atoms. The van der Waals surface area contributed by atoms with Crippen molar-refractivity contribution in [3.63, 3.8) is 0 Å². The van der Waals surface area contributed by atoms with Crippen LogP contribution < -0.4 is 10.6 Å². The molecule has 2 N–H and O–H groups in total. The van der Waals surface area contributed by atoms with Crippen LogP contribution in [0.2, 0.25) is 0 Å². The molecule has 1 heterocycles. The number of hydrogen-bond donors (Lipinski definition) is 2. The zero-order valence-corrected chi connectivity index (χ0v) is 17.4. The number of rotatable bonds is 6. The summed E-state index contributed by atoms with van der Waals surface area (Å²) in [5.41, 5.74) is 0.414. The highest BCUT2D eigenvalue weighted by Crippen LogP contribution is 2.36. The molecule has 0 aliphatic carbocycles. The van der Waals surface area contributed by atoms with Gasteiger partial charge in [0.15, 0.2) is 6.61 Å². The van der Waals surface area contributed by atoms with Crippen LogP contribution in [0.1, 0.15) is 47.5 Å². The number of hydrogen-bond acceptors (Lipinski definition) is 5. The van der Waals surface area contributed by atoms with Crippen molar-refractivity contribution in [3.8, 4) is 0 Å². The quantitative estimate of drug-likeness (QED) is 0.725. The van der Waals surface area contributed by atoms with E-state index < -0.39 is 16.8 Å². The lowest BCUT2D eigenvalue weighted by Gasteiger charge is -2.33. The van der Waals surface area contributed by atoms with Crippen molar-refractivity contribution < 1.29 is 19.1 Å². The summed E-state index contributed by atoms with van der Waals surface area (Å²) in [6.07, 6.45) is 0.710. The summed E-state index contributed by atoms with van der Waals surface area (Å²) in [5.74, 6) is -1.14. The van der Waals surface area contributed by atoms with E-state index in [0.29, 0.717) is 0 Å². The van der Waals surface area contributed by atoms with E-state index in [4.69, 9.17) is 4.74 Å². The summed E-state index contributed by atoms with van der Waals surface area (Å²) in [5, 5.41) is 5.12. The summed E-state index contributed by atoms with van der Waals surface area (Å²) in [4.78, 5) is 37.2. The number of benzene rings is 1. The van der Waals surface area contributed by atoms with Crippen LogP contribution >= 0.6 is 11.8 Å². The van der Waals surface area contributed by atoms with Crippen LogP contribution in [0, 0.1) is 5.41 Å². The topological polar surface area (TPSA) is 84.5 Å². The van der Waals surface area contributed by atoms with E-state index in [-0.39, 0.29) is 30.3 Å². The van der Waals surface area contributed by atoms with Crippen LogP contribution in [0.3, 0.4) is 0 Å². The van der Waals surface area contributed by atoms with Crippen molar-refractivity contribution in [1.82, 2.24) is 5.32 Å². The van der Waals surface area contributed by atoms with Gasteiger partial charge in [-0.2, -0.15) is 0 Å². The fraction of sp³-hybridized carbons (Fsp3) is 0.550. The summed E-state index contributed by atoms with van der Waals surface area (Å²) >= 11 is 1.33. The van der Waals surface area contributed by atoms with Crippen LogP contribution in [0.25, 0.3) is 0 Å². The largest absolute Gasteiger partial charge is 0.456 e. The van der Waals surface area contributed by atoms with Crippen LogP contribution in [0.4, 0.5) is 5.69 Å². The average molecular weight is 393 g/mol. The zero-order chi connectivity index (χ0) is 20.2. The van der Waals surface area contributed by atoms with Gasteiger partial charge in [-0.3, -0.25) is 14.4 Å². The van der Waals surface area contributed by atoms with Gasteiger partial charge in [0.1, 0.15) is 0 Å². The van der Waals surface area contributed by atoms with Gasteiger partial charge in [0, 0.05) is 10.4 Å². The summed E-state index contributed by atoms with van der Waals surface area (Å²) < 4.78 is 5.07. The van der Waals surface area contributed by atoms with Crippen molar-refractivity contribution in [1.29, 1.82) is 0 Å². The molecular formula is C20H28N2O4S. The minimum absolute atomic E-state index is 0.0648. The van der Waals surface area contributed by atoms with E-state index in [1.54, 1.807) is 0 Å². The van der Waals surface area contributed by atoms with E-state index in [2.05, 4.69) is 31.4 Å². The first-order valence-electron chi connectivity index (χ1n) is 8.98. The molecule has 148 valence electrons. The van der Waals surface area contributed by atoms with Gasteiger partial charge in [-0.15, -0.1) is 11.8 Å². The molecule has 27 heavy (non-hydrogen) atoms. The molecule has 2 rings (SSSR count). The Hall–Kier alpha value is -2.02. The summed E-state index contributed by atoms with van der Waals surface area (Å²) in [6.45, 7) is 9.85. The van der Waals surface area contributed by atoms with E-state index in [9.17, 15) is 14.4 Å². The first kappa shape index (κ1) is 21.3. The number of fused-ring (bicyclic) bond motifs is 1. The van der Waals surface area contributed by atoms with Crippen LogP contribution in [0.15, 0.2) is 29.2 Å². The normalized spacial score (nSPS) is 16.9. The molecule has 1 atom stereocenters. The molecule has 0 radical (unpaired) electrons. The summed E-state index contributed by atoms with van der Waals surface area (Å²) in [7, 11) is 0. The molecule has 0 aromatic heterocycles. The molecule has 1 aromatic rings. The number of thioether (sulfide) groups is 1. The SMILES string of the molecule is CC(C)(C)CC(C)(C)NC(=O)COC(=O)C[C@H]1Sc2ccccc2NC1=O. The third-order valence-electron chi connectivity index (χ3n) is 3.87. The molecule has 0 saturated carbocycles. The van der Waals surface area contributed by atoms with Crippen molar-refractivity contribution >= 4 is 35.2 Å². The molecular weight excluding hydrogens is 364 g/mol.